The van der Waals surface area contributed by atoms with E-state index < -0.39 is 77.6 Å². The Morgan fingerprint density at radius 3 is 2.38 bits per heavy atom. The lowest BCUT2D eigenvalue weighted by molar-refractivity contribution is -0.154. The molecular weight excluding hydrogens is 465 g/mol. The largest absolute Gasteiger partial charge is 0.333 e. The van der Waals surface area contributed by atoms with Crippen molar-refractivity contribution in [3.63, 3.8) is 0 Å². The second-order valence-electron chi connectivity index (χ2n) is 8.82. The van der Waals surface area contributed by atoms with Crippen LogP contribution in [0.2, 0.25) is 0 Å². The molecule has 34 heavy (non-hydrogen) atoms. The molecule has 2 aliphatic rings. The SMILES string of the molecule is C[C@H]1[C@@H](C(=O)Nc2cc(F)c(F)c(F)c2)CCN1C(=O)C(=O)CC1(c2cn[nH]n2)CC(F)(F)C1. The molecule has 8 nitrogen and oxygen atoms in total. The van der Waals surface area contributed by atoms with Crippen LogP contribution < -0.4 is 5.32 Å². The molecule has 1 saturated heterocycles. The highest BCUT2D eigenvalue weighted by Gasteiger charge is 2.60. The van der Waals surface area contributed by atoms with Gasteiger partial charge in [-0.3, -0.25) is 14.4 Å². The first-order chi connectivity index (χ1) is 15.9. The Morgan fingerprint density at radius 1 is 1.18 bits per heavy atom. The number of alkyl halides is 2. The first-order valence-electron chi connectivity index (χ1n) is 10.5. The zero-order chi connectivity index (χ0) is 24.8. The third kappa shape index (κ3) is 4.26. The summed E-state index contributed by atoms with van der Waals surface area (Å²) < 4.78 is 67.2. The molecule has 2 heterocycles. The van der Waals surface area contributed by atoms with Gasteiger partial charge in [0.25, 0.3) is 5.91 Å². The maximum absolute atomic E-state index is 13.7. The molecule has 0 unspecified atom stereocenters. The number of H-pyrrole nitrogens is 1. The summed E-state index contributed by atoms with van der Waals surface area (Å²) in [6.45, 7) is 1.57. The average Bonchev–Trinajstić information content (AvgIpc) is 3.40. The van der Waals surface area contributed by atoms with Crippen molar-refractivity contribution in [3.8, 4) is 0 Å². The zero-order valence-electron chi connectivity index (χ0n) is 17.9. The minimum absolute atomic E-state index is 0.0447. The number of Topliss-reactive ketones (excluding diaryl/α,β-unsaturated/α-hetero) is 1. The third-order valence-electron chi connectivity index (χ3n) is 6.49. The predicted octanol–water partition coefficient (Wildman–Crippen LogP) is 2.72. The fourth-order valence-corrected chi connectivity index (χ4v) is 4.77. The second-order valence-corrected chi connectivity index (χ2v) is 8.82. The number of ketones is 1. The number of carbonyl (C=O) groups is 3. The van der Waals surface area contributed by atoms with Gasteiger partial charge in [-0.15, -0.1) is 0 Å². The quantitative estimate of drug-likeness (QED) is 0.372. The average molecular weight is 485 g/mol. The summed E-state index contributed by atoms with van der Waals surface area (Å²) >= 11 is 0. The Hall–Kier alpha value is -3.38. The molecular formula is C21H20F5N5O3. The lowest BCUT2D eigenvalue weighted by Gasteiger charge is -2.45. The van der Waals surface area contributed by atoms with Gasteiger partial charge in [-0.25, -0.2) is 22.0 Å². The summed E-state index contributed by atoms with van der Waals surface area (Å²) in [6.07, 6.45) is -0.367. The molecule has 2 atom stereocenters. The van der Waals surface area contributed by atoms with Gasteiger partial charge in [-0.2, -0.15) is 15.4 Å². The van der Waals surface area contributed by atoms with Crippen LogP contribution in [0.3, 0.4) is 0 Å². The van der Waals surface area contributed by atoms with Crippen molar-refractivity contribution < 1.29 is 36.3 Å². The maximum Gasteiger partial charge on any atom is 0.290 e. The van der Waals surface area contributed by atoms with Gasteiger partial charge in [0.05, 0.1) is 17.8 Å². The van der Waals surface area contributed by atoms with E-state index in [0.717, 1.165) is 0 Å². The molecule has 1 aliphatic heterocycles. The van der Waals surface area contributed by atoms with E-state index in [-0.39, 0.29) is 24.3 Å². The summed E-state index contributed by atoms with van der Waals surface area (Å²) in [5, 5.41) is 12.0. The Kier molecular flexibility index (Phi) is 5.90. The standard InChI is InChI=1S/C21H20F5N5O3/c1-10-12(18(33)28-11-4-13(22)17(24)14(23)5-11)2-3-31(10)19(34)15(32)6-20(8-21(25,26)9-20)16-7-27-30-29-16/h4-5,7,10,12H,2-3,6,8-9H2,1H3,(H,28,33)(H,27,29,30)/t10-,12-/m0/s1. The van der Waals surface area contributed by atoms with Crippen LogP contribution in [0.15, 0.2) is 18.3 Å². The molecule has 1 aromatic heterocycles. The second kappa shape index (κ2) is 8.44. The number of benzene rings is 1. The third-order valence-corrected chi connectivity index (χ3v) is 6.49. The topological polar surface area (TPSA) is 108 Å². The molecule has 1 aromatic carbocycles. The van der Waals surface area contributed by atoms with Crippen LogP contribution in [0.4, 0.5) is 27.6 Å². The van der Waals surface area contributed by atoms with Crippen LogP contribution in [-0.2, 0) is 19.8 Å². The minimum atomic E-state index is -2.98. The van der Waals surface area contributed by atoms with Crippen molar-refractivity contribution in [3.05, 3.63) is 41.5 Å². The van der Waals surface area contributed by atoms with Crippen LogP contribution in [0.5, 0.6) is 0 Å². The summed E-state index contributed by atoms with van der Waals surface area (Å²) in [7, 11) is 0. The van der Waals surface area contributed by atoms with Crippen molar-refractivity contribution in [1.29, 1.82) is 0 Å². The molecule has 2 aromatic rings. The fourth-order valence-electron chi connectivity index (χ4n) is 4.77. The number of carbonyl (C=O) groups excluding carboxylic acids is 3. The zero-order valence-corrected chi connectivity index (χ0v) is 17.9. The molecule has 13 heteroatoms. The summed E-state index contributed by atoms with van der Waals surface area (Å²) in [5.41, 5.74) is -1.43. The number of rotatable bonds is 6. The van der Waals surface area contributed by atoms with E-state index in [2.05, 4.69) is 20.7 Å². The van der Waals surface area contributed by atoms with E-state index in [4.69, 9.17) is 0 Å². The van der Waals surface area contributed by atoms with Crippen molar-refractivity contribution in [2.24, 2.45) is 5.92 Å². The van der Waals surface area contributed by atoms with Gasteiger partial charge in [0.1, 0.15) is 0 Å². The van der Waals surface area contributed by atoms with Gasteiger partial charge >= 0.3 is 0 Å². The fraction of sp³-hybridized carbons (Fsp3) is 0.476. The molecule has 2 N–H and O–H groups in total. The Balaban J connectivity index is 1.42. The molecule has 0 radical (unpaired) electrons. The summed E-state index contributed by atoms with van der Waals surface area (Å²) in [4.78, 5) is 39.4. The van der Waals surface area contributed by atoms with Crippen LogP contribution >= 0.6 is 0 Å². The molecule has 0 bridgehead atoms. The summed E-state index contributed by atoms with van der Waals surface area (Å²) in [5.74, 6) is -10.9. The smallest absolute Gasteiger partial charge is 0.290 e. The first-order valence-corrected chi connectivity index (χ1v) is 10.5. The highest BCUT2D eigenvalue weighted by molar-refractivity contribution is 6.36. The van der Waals surface area contributed by atoms with Crippen molar-refractivity contribution in [2.45, 2.75) is 50.0 Å². The molecule has 182 valence electrons. The Morgan fingerprint density at radius 2 is 1.82 bits per heavy atom. The van der Waals surface area contributed by atoms with Crippen LogP contribution in [0.1, 0.15) is 38.3 Å². The lowest BCUT2D eigenvalue weighted by atomic mass is 9.61. The van der Waals surface area contributed by atoms with Gasteiger partial charge in [0, 0.05) is 55.1 Å². The van der Waals surface area contributed by atoms with Crippen LogP contribution in [-0.4, -0.2) is 56.4 Å². The van der Waals surface area contributed by atoms with Gasteiger partial charge < -0.3 is 10.2 Å². The van der Waals surface area contributed by atoms with E-state index in [1.54, 1.807) is 0 Å². The van der Waals surface area contributed by atoms with Crippen molar-refractivity contribution in [2.75, 3.05) is 11.9 Å². The predicted molar refractivity (Wildman–Crippen MR) is 106 cm³/mol. The normalized spacial score (nSPS) is 22.8. The molecule has 1 saturated carbocycles. The highest BCUT2D eigenvalue weighted by atomic mass is 19.3. The van der Waals surface area contributed by atoms with E-state index in [1.165, 1.54) is 18.0 Å². The highest BCUT2D eigenvalue weighted by Crippen LogP contribution is 2.54. The van der Waals surface area contributed by atoms with Crippen molar-refractivity contribution in [1.82, 2.24) is 20.3 Å². The van der Waals surface area contributed by atoms with E-state index in [0.29, 0.717) is 12.1 Å². The molecule has 2 fully saturated rings. The van der Waals surface area contributed by atoms with Crippen LogP contribution in [0, 0.1) is 23.4 Å². The number of amides is 2. The number of nitrogens with zero attached hydrogens (tertiary/aromatic N) is 3. The van der Waals surface area contributed by atoms with Crippen LogP contribution in [0.25, 0.3) is 0 Å². The van der Waals surface area contributed by atoms with Gasteiger partial charge in [0.2, 0.25) is 17.6 Å². The Bertz CT molecular complexity index is 1110. The molecule has 1 aliphatic carbocycles. The molecule has 4 rings (SSSR count). The number of anilines is 1. The van der Waals surface area contributed by atoms with E-state index in [9.17, 15) is 36.3 Å². The van der Waals surface area contributed by atoms with E-state index >= 15 is 0 Å². The van der Waals surface area contributed by atoms with Gasteiger partial charge in [0.15, 0.2) is 17.5 Å². The van der Waals surface area contributed by atoms with E-state index in [1.807, 2.05) is 0 Å². The number of hydrogen-bond donors (Lipinski definition) is 2. The number of hydrogen-bond acceptors (Lipinski definition) is 5. The van der Waals surface area contributed by atoms with Gasteiger partial charge in [-0.1, -0.05) is 0 Å². The molecule has 2 amide bonds. The number of aromatic amines is 1. The Labute approximate surface area is 189 Å². The maximum atomic E-state index is 13.7. The lowest BCUT2D eigenvalue weighted by Crippen LogP contribution is -2.52. The monoisotopic (exact) mass is 485 g/mol. The summed E-state index contributed by atoms with van der Waals surface area (Å²) in [6, 6.07) is 0.498. The number of aromatic nitrogens is 3. The first kappa shape index (κ1) is 23.8. The number of nitrogens with one attached hydrogen (secondary N) is 2. The minimum Gasteiger partial charge on any atom is -0.333 e. The van der Waals surface area contributed by atoms with Crippen molar-refractivity contribution >= 4 is 23.3 Å². The number of likely N-dealkylation sites (tertiary alicyclic amines) is 1. The number of halogens is 5. The van der Waals surface area contributed by atoms with Gasteiger partial charge in [-0.05, 0) is 13.3 Å². The molecule has 0 spiro atoms.